The van der Waals surface area contributed by atoms with Crippen LogP contribution in [-0.2, 0) is 4.74 Å². The van der Waals surface area contributed by atoms with Crippen molar-refractivity contribution in [2.75, 3.05) is 7.11 Å². The number of methoxy groups -OCH3 is 1. The summed E-state index contributed by atoms with van der Waals surface area (Å²) in [5.74, 6) is 0.0336. The van der Waals surface area contributed by atoms with E-state index in [1.165, 1.54) is 11.3 Å². The average molecular weight is 184 g/mol. The van der Waals surface area contributed by atoms with Crippen LogP contribution in [0.15, 0.2) is 16.8 Å². The van der Waals surface area contributed by atoms with Crippen LogP contribution in [0, 0.1) is 0 Å². The van der Waals surface area contributed by atoms with Gasteiger partial charge in [0, 0.05) is 18.1 Å². The highest BCUT2D eigenvalue weighted by atomic mass is 32.1. The van der Waals surface area contributed by atoms with Crippen LogP contribution in [0.4, 0.5) is 0 Å². The molecule has 1 aromatic heterocycles. The SMILES string of the molecule is COC(C)(C)C(=O)c1ccsc1. The number of ketones is 1. The maximum Gasteiger partial charge on any atom is 0.194 e. The van der Waals surface area contributed by atoms with Gasteiger partial charge in [-0.1, -0.05) is 0 Å². The van der Waals surface area contributed by atoms with Gasteiger partial charge in [-0.3, -0.25) is 4.79 Å². The topological polar surface area (TPSA) is 26.3 Å². The molecule has 0 amide bonds. The molecule has 1 aromatic rings. The Morgan fingerprint density at radius 2 is 2.25 bits per heavy atom. The lowest BCUT2D eigenvalue weighted by molar-refractivity contribution is 0.0228. The van der Waals surface area contributed by atoms with E-state index in [1.54, 1.807) is 21.0 Å². The number of carbonyl (C=O) groups is 1. The molecule has 0 aliphatic carbocycles. The number of hydrogen-bond donors (Lipinski definition) is 0. The Morgan fingerprint density at radius 1 is 1.58 bits per heavy atom. The molecule has 0 N–H and O–H groups in total. The quantitative estimate of drug-likeness (QED) is 0.674. The molecular formula is C9H12O2S. The molecule has 0 aliphatic rings. The molecule has 0 spiro atoms. The molecule has 0 fully saturated rings. The standard InChI is InChI=1S/C9H12O2S/c1-9(2,11-3)8(10)7-4-5-12-6-7/h4-6H,1-3H3. The fourth-order valence-corrected chi connectivity index (χ4v) is 1.47. The maximum atomic E-state index is 11.6. The number of ether oxygens (including phenoxy) is 1. The lowest BCUT2D eigenvalue weighted by Gasteiger charge is -2.20. The van der Waals surface area contributed by atoms with E-state index in [1.807, 2.05) is 16.8 Å². The first-order valence-corrected chi connectivity index (χ1v) is 4.64. The Balaban J connectivity index is 2.86. The summed E-state index contributed by atoms with van der Waals surface area (Å²) in [4.78, 5) is 11.6. The van der Waals surface area contributed by atoms with Crippen molar-refractivity contribution in [3.63, 3.8) is 0 Å². The van der Waals surface area contributed by atoms with Crippen LogP contribution in [0.25, 0.3) is 0 Å². The van der Waals surface area contributed by atoms with Crippen molar-refractivity contribution in [3.05, 3.63) is 22.4 Å². The summed E-state index contributed by atoms with van der Waals surface area (Å²) in [5, 5.41) is 3.72. The highest BCUT2D eigenvalue weighted by molar-refractivity contribution is 7.08. The van der Waals surface area contributed by atoms with Crippen LogP contribution in [0.5, 0.6) is 0 Å². The van der Waals surface area contributed by atoms with Crippen LogP contribution in [0.3, 0.4) is 0 Å². The smallest absolute Gasteiger partial charge is 0.194 e. The normalized spacial score (nSPS) is 11.6. The van der Waals surface area contributed by atoms with Crippen molar-refractivity contribution in [2.45, 2.75) is 19.4 Å². The van der Waals surface area contributed by atoms with E-state index in [0.717, 1.165) is 5.56 Å². The Kier molecular flexibility index (Phi) is 2.65. The molecule has 0 bridgehead atoms. The molecule has 0 atom stereocenters. The third-order valence-corrected chi connectivity index (χ3v) is 2.52. The molecule has 3 heteroatoms. The van der Waals surface area contributed by atoms with Crippen LogP contribution in [0.2, 0.25) is 0 Å². The van der Waals surface area contributed by atoms with Gasteiger partial charge in [0.25, 0.3) is 0 Å². The zero-order valence-electron chi connectivity index (χ0n) is 7.46. The Hall–Kier alpha value is -0.670. The summed E-state index contributed by atoms with van der Waals surface area (Å²) in [7, 11) is 1.55. The van der Waals surface area contributed by atoms with E-state index >= 15 is 0 Å². The van der Waals surface area contributed by atoms with Gasteiger partial charge in [0.2, 0.25) is 0 Å². The van der Waals surface area contributed by atoms with E-state index < -0.39 is 5.60 Å². The van der Waals surface area contributed by atoms with Gasteiger partial charge in [0.05, 0.1) is 0 Å². The zero-order chi connectivity index (χ0) is 9.19. The number of Topliss-reactive ketones (excluding diaryl/α,β-unsaturated/α-hetero) is 1. The van der Waals surface area contributed by atoms with Crippen LogP contribution in [0.1, 0.15) is 24.2 Å². The molecule has 0 saturated carbocycles. The summed E-state index contributed by atoms with van der Waals surface area (Å²) in [6, 6.07) is 1.81. The Morgan fingerprint density at radius 3 is 2.67 bits per heavy atom. The highest BCUT2D eigenvalue weighted by Gasteiger charge is 2.27. The summed E-state index contributed by atoms with van der Waals surface area (Å²) in [5.41, 5.74) is 0.0213. The first kappa shape index (κ1) is 9.42. The summed E-state index contributed by atoms with van der Waals surface area (Å²) in [6.07, 6.45) is 0. The minimum atomic E-state index is -0.707. The van der Waals surface area contributed by atoms with Gasteiger partial charge in [-0.15, -0.1) is 0 Å². The van der Waals surface area contributed by atoms with Crippen molar-refractivity contribution in [2.24, 2.45) is 0 Å². The monoisotopic (exact) mass is 184 g/mol. The fraction of sp³-hybridized carbons (Fsp3) is 0.444. The van der Waals surface area contributed by atoms with Crippen LogP contribution >= 0.6 is 11.3 Å². The predicted molar refractivity (Wildman–Crippen MR) is 49.7 cm³/mol. The molecule has 66 valence electrons. The lowest BCUT2D eigenvalue weighted by atomic mass is 9.99. The van der Waals surface area contributed by atoms with Crippen molar-refractivity contribution in [3.8, 4) is 0 Å². The van der Waals surface area contributed by atoms with Crippen molar-refractivity contribution in [1.29, 1.82) is 0 Å². The van der Waals surface area contributed by atoms with E-state index in [0.29, 0.717) is 0 Å². The largest absolute Gasteiger partial charge is 0.371 e. The molecule has 0 saturated heterocycles. The van der Waals surface area contributed by atoms with Crippen LogP contribution in [-0.4, -0.2) is 18.5 Å². The third-order valence-electron chi connectivity index (χ3n) is 1.84. The second-order valence-electron chi connectivity index (χ2n) is 3.06. The van der Waals surface area contributed by atoms with Gasteiger partial charge in [0.15, 0.2) is 5.78 Å². The molecule has 0 aliphatic heterocycles. The van der Waals surface area contributed by atoms with Gasteiger partial charge >= 0.3 is 0 Å². The van der Waals surface area contributed by atoms with Crippen molar-refractivity contribution in [1.82, 2.24) is 0 Å². The molecular weight excluding hydrogens is 172 g/mol. The zero-order valence-corrected chi connectivity index (χ0v) is 8.27. The van der Waals surface area contributed by atoms with E-state index in [9.17, 15) is 4.79 Å². The second-order valence-corrected chi connectivity index (χ2v) is 3.84. The van der Waals surface area contributed by atoms with Gasteiger partial charge in [0.1, 0.15) is 5.60 Å². The number of rotatable bonds is 3. The summed E-state index contributed by atoms with van der Waals surface area (Å²) < 4.78 is 5.08. The molecule has 0 radical (unpaired) electrons. The van der Waals surface area contributed by atoms with Crippen LogP contribution < -0.4 is 0 Å². The van der Waals surface area contributed by atoms with E-state index in [2.05, 4.69) is 0 Å². The fourth-order valence-electron chi connectivity index (χ4n) is 0.834. The molecule has 2 nitrogen and oxygen atoms in total. The number of thiophene rings is 1. The second kappa shape index (κ2) is 3.37. The number of carbonyl (C=O) groups excluding carboxylic acids is 1. The van der Waals surface area contributed by atoms with Crippen molar-refractivity contribution < 1.29 is 9.53 Å². The first-order valence-electron chi connectivity index (χ1n) is 3.70. The van der Waals surface area contributed by atoms with Crippen molar-refractivity contribution >= 4 is 17.1 Å². The Labute approximate surface area is 76.2 Å². The minimum Gasteiger partial charge on any atom is -0.371 e. The van der Waals surface area contributed by atoms with E-state index in [4.69, 9.17) is 4.74 Å². The minimum absolute atomic E-state index is 0.0336. The molecule has 0 aromatic carbocycles. The molecule has 12 heavy (non-hydrogen) atoms. The average Bonchev–Trinajstić information content (AvgIpc) is 2.55. The highest BCUT2D eigenvalue weighted by Crippen LogP contribution is 2.17. The predicted octanol–water partition coefficient (Wildman–Crippen LogP) is 2.36. The van der Waals surface area contributed by atoms with Gasteiger partial charge in [-0.2, -0.15) is 11.3 Å². The molecule has 0 unspecified atom stereocenters. The number of hydrogen-bond acceptors (Lipinski definition) is 3. The van der Waals surface area contributed by atoms with Gasteiger partial charge in [-0.05, 0) is 25.3 Å². The lowest BCUT2D eigenvalue weighted by Crippen LogP contribution is -2.33. The summed E-state index contributed by atoms with van der Waals surface area (Å²) >= 11 is 1.52. The molecule has 1 rings (SSSR count). The summed E-state index contributed by atoms with van der Waals surface area (Å²) in [6.45, 7) is 3.54. The third kappa shape index (κ3) is 1.73. The maximum absolute atomic E-state index is 11.6. The Bertz CT molecular complexity index is 262. The van der Waals surface area contributed by atoms with Gasteiger partial charge < -0.3 is 4.74 Å². The van der Waals surface area contributed by atoms with E-state index in [-0.39, 0.29) is 5.78 Å². The molecule has 1 heterocycles. The first-order chi connectivity index (χ1) is 5.58. The van der Waals surface area contributed by atoms with Gasteiger partial charge in [-0.25, -0.2) is 0 Å².